The van der Waals surface area contributed by atoms with Crippen LogP contribution < -0.4 is 0 Å². The Balaban J connectivity index is 1.37. The van der Waals surface area contributed by atoms with Gasteiger partial charge in [-0.1, -0.05) is 115 Å². The predicted octanol–water partition coefficient (Wildman–Crippen LogP) is 9.61. The van der Waals surface area contributed by atoms with Gasteiger partial charge in [-0.3, -0.25) is 0 Å². The van der Waals surface area contributed by atoms with E-state index in [4.69, 9.17) is 9.47 Å². The quantitative estimate of drug-likeness (QED) is 0.245. The van der Waals surface area contributed by atoms with Crippen LogP contribution in [0.3, 0.4) is 0 Å². The molecule has 0 bridgehead atoms. The second-order valence-electron chi connectivity index (χ2n) is 13.2. The lowest BCUT2D eigenvalue weighted by Crippen LogP contribution is -2.42. The number of allylic oxidation sites excluding steroid dienone is 2. The van der Waals surface area contributed by atoms with Crippen molar-refractivity contribution in [3.8, 4) is 0 Å². The fourth-order valence-electron chi connectivity index (χ4n) is 7.16. The SMILES string of the molecule is C[C@@H]1CC[C@@H](C(C)(C)c2ccccc2)[C@H](O/C=C/C=C/O[C@@H]2C[C@H](C)CC[C@H]2C(C)(C)c2ccccc2)C1. The van der Waals surface area contributed by atoms with Gasteiger partial charge in [0.15, 0.2) is 0 Å². The Bertz CT molecular complexity index is 950. The molecule has 2 nitrogen and oxygen atoms in total. The van der Waals surface area contributed by atoms with Crippen LogP contribution in [0.1, 0.15) is 91.2 Å². The van der Waals surface area contributed by atoms with Gasteiger partial charge in [-0.15, -0.1) is 0 Å². The van der Waals surface area contributed by atoms with Gasteiger partial charge in [0.1, 0.15) is 12.2 Å². The predicted molar refractivity (Wildman–Crippen MR) is 160 cm³/mol. The van der Waals surface area contributed by atoms with Crippen LogP contribution in [0.15, 0.2) is 85.3 Å². The van der Waals surface area contributed by atoms with Gasteiger partial charge in [-0.05, 0) is 71.6 Å². The highest BCUT2D eigenvalue weighted by Gasteiger charge is 2.42. The minimum atomic E-state index is 0.0805. The normalized spacial score (nSPS) is 29.0. The molecule has 0 spiro atoms. The molecule has 0 N–H and O–H groups in total. The molecule has 2 aliphatic carbocycles. The molecule has 4 rings (SSSR count). The summed E-state index contributed by atoms with van der Waals surface area (Å²) in [6.45, 7) is 14.3. The Kier molecular flexibility index (Phi) is 9.45. The zero-order chi connectivity index (χ0) is 27.2. The summed E-state index contributed by atoms with van der Waals surface area (Å²) in [6, 6.07) is 21.9. The van der Waals surface area contributed by atoms with Crippen molar-refractivity contribution < 1.29 is 9.47 Å². The zero-order valence-corrected chi connectivity index (χ0v) is 24.6. The first-order valence-corrected chi connectivity index (χ1v) is 14.9. The third-order valence-corrected chi connectivity index (χ3v) is 9.77. The molecule has 38 heavy (non-hydrogen) atoms. The van der Waals surface area contributed by atoms with Gasteiger partial charge < -0.3 is 9.47 Å². The van der Waals surface area contributed by atoms with E-state index in [2.05, 4.69) is 102 Å². The summed E-state index contributed by atoms with van der Waals surface area (Å²) in [7, 11) is 0. The highest BCUT2D eigenvalue weighted by molar-refractivity contribution is 5.26. The molecule has 6 atom stereocenters. The van der Waals surface area contributed by atoms with E-state index in [1.54, 1.807) is 0 Å². The maximum Gasteiger partial charge on any atom is 0.102 e. The first kappa shape index (κ1) is 28.5. The van der Waals surface area contributed by atoms with Gasteiger partial charge in [0.2, 0.25) is 0 Å². The number of hydrogen-bond acceptors (Lipinski definition) is 2. The Hall–Kier alpha value is -2.48. The van der Waals surface area contributed by atoms with Crippen molar-refractivity contribution in [2.24, 2.45) is 23.7 Å². The topological polar surface area (TPSA) is 18.5 Å². The van der Waals surface area contributed by atoms with E-state index in [0.29, 0.717) is 23.7 Å². The van der Waals surface area contributed by atoms with Crippen LogP contribution in [0.25, 0.3) is 0 Å². The molecule has 0 radical (unpaired) electrons. The maximum absolute atomic E-state index is 6.43. The molecule has 0 amide bonds. The minimum Gasteiger partial charge on any atom is -0.498 e. The van der Waals surface area contributed by atoms with Gasteiger partial charge in [-0.25, -0.2) is 0 Å². The van der Waals surface area contributed by atoms with Gasteiger partial charge in [0, 0.05) is 11.8 Å². The monoisotopic (exact) mass is 514 g/mol. The van der Waals surface area contributed by atoms with Gasteiger partial charge in [0.05, 0.1) is 12.5 Å². The molecular weight excluding hydrogens is 464 g/mol. The number of ether oxygens (including phenoxy) is 2. The molecule has 0 saturated heterocycles. The molecule has 0 heterocycles. The Morgan fingerprint density at radius 3 is 1.32 bits per heavy atom. The lowest BCUT2D eigenvalue weighted by Gasteiger charge is -2.44. The number of hydrogen-bond donors (Lipinski definition) is 0. The van der Waals surface area contributed by atoms with Crippen LogP contribution in [0.4, 0.5) is 0 Å². The lowest BCUT2D eigenvalue weighted by molar-refractivity contribution is 0.00112. The smallest absolute Gasteiger partial charge is 0.102 e. The average molecular weight is 515 g/mol. The van der Waals surface area contributed by atoms with Gasteiger partial charge in [0.25, 0.3) is 0 Å². The van der Waals surface area contributed by atoms with E-state index < -0.39 is 0 Å². The first-order chi connectivity index (χ1) is 18.2. The molecule has 206 valence electrons. The lowest BCUT2D eigenvalue weighted by atomic mass is 9.64. The fraction of sp³-hybridized carbons (Fsp3) is 0.556. The molecule has 0 unspecified atom stereocenters. The van der Waals surface area contributed by atoms with E-state index in [9.17, 15) is 0 Å². The van der Waals surface area contributed by atoms with Crippen LogP contribution in [0.5, 0.6) is 0 Å². The summed E-state index contributed by atoms with van der Waals surface area (Å²) in [5, 5.41) is 0. The van der Waals surface area contributed by atoms with Crippen molar-refractivity contribution in [1.29, 1.82) is 0 Å². The van der Waals surface area contributed by atoms with Crippen LogP contribution in [0, 0.1) is 23.7 Å². The highest BCUT2D eigenvalue weighted by atomic mass is 16.5. The van der Waals surface area contributed by atoms with Crippen LogP contribution in [-0.4, -0.2) is 12.2 Å². The standard InChI is InChI=1S/C36H50O2/c1-27-19-21-31(35(3,4)29-15-9-7-10-16-29)33(25-27)37-23-13-14-24-38-34-26-28(2)20-22-32(34)36(5,6)30-17-11-8-12-18-30/h7-18,23-24,27-28,31-34H,19-22,25-26H2,1-6H3/b23-13+,24-14+/t27-,28-,31-,32-,33-,34-/m1/s1. The third kappa shape index (κ3) is 6.74. The second kappa shape index (κ2) is 12.6. The van der Waals surface area contributed by atoms with Crippen molar-refractivity contribution in [3.63, 3.8) is 0 Å². The van der Waals surface area contributed by atoms with Crippen molar-refractivity contribution >= 4 is 0 Å². The second-order valence-corrected chi connectivity index (χ2v) is 13.2. The van der Waals surface area contributed by atoms with Crippen molar-refractivity contribution in [2.75, 3.05) is 0 Å². The van der Waals surface area contributed by atoms with E-state index in [1.165, 1.54) is 36.8 Å². The van der Waals surface area contributed by atoms with Crippen LogP contribution in [0.2, 0.25) is 0 Å². The summed E-state index contributed by atoms with van der Waals surface area (Å²) in [5.74, 6) is 2.40. The van der Waals surface area contributed by atoms with Crippen molar-refractivity contribution in [3.05, 3.63) is 96.5 Å². The summed E-state index contributed by atoms with van der Waals surface area (Å²) in [4.78, 5) is 0. The Labute approximate surface area is 232 Å². The molecule has 0 aliphatic heterocycles. The molecule has 2 saturated carbocycles. The maximum atomic E-state index is 6.43. The van der Waals surface area contributed by atoms with E-state index >= 15 is 0 Å². The summed E-state index contributed by atoms with van der Waals surface area (Å²) in [6.07, 6.45) is 15.5. The fourth-order valence-corrected chi connectivity index (χ4v) is 7.16. The molecule has 0 aromatic heterocycles. The number of benzene rings is 2. The molecule has 2 fully saturated rings. The average Bonchev–Trinajstić information content (AvgIpc) is 2.91. The van der Waals surface area contributed by atoms with E-state index in [0.717, 1.165) is 12.8 Å². The van der Waals surface area contributed by atoms with Gasteiger partial charge in [-0.2, -0.15) is 0 Å². The minimum absolute atomic E-state index is 0.0805. The Morgan fingerprint density at radius 1 is 0.579 bits per heavy atom. The molecular formula is C36H50O2. The molecule has 2 aromatic rings. The molecule has 2 aromatic carbocycles. The molecule has 2 heteroatoms. The summed E-state index contributed by atoms with van der Waals surface area (Å²) < 4.78 is 12.9. The zero-order valence-electron chi connectivity index (χ0n) is 24.6. The first-order valence-electron chi connectivity index (χ1n) is 14.9. The molecule has 2 aliphatic rings. The van der Waals surface area contributed by atoms with Crippen LogP contribution >= 0.6 is 0 Å². The van der Waals surface area contributed by atoms with Crippen molar-refractivity contribution in [2.45, 2.75) is 103 Å². The van der Waals surface area contributed by atoms with E-state index in [1.807, 2.05) is 24.7 Å². The highest BCUT2D eigenvalue weighted by Crippen LogP contribution is 2.45. The number of rotatable bonds is 9. The third-order valence-electron chi connectivity index (χ3n) is 9.77. The Morgan fingerprint density at radius 2 is 0.947 bits per heavy atom. The van der Waals surface area contributed by atoms with E-state index in [-0.39, 0.29) is 23.0 Å². The van der Waals surface area contributed by atoms with Crippen LogP contribution in [-0.2, 0) is 20.3 Å². The van der Waals surface area contributed by atoms with Gasteiger partial charge >= 0.3 is 0 Å². The largest absolute Gasteiger partial charge is 0.498 e. The van der Waals surface area contributed by atoms with Crippen molar-refractivity contribution in [1.82, 2.24) is 0 Å². The summed E-state index contributed by atoms with van der Waals surface area (Å²) >= 11 is 0. The summed E-state index contributed by atoms with van der Waals surface area (Å²) in [5.41, 5.74) is 2.97.